The Bertz CT molecular complexity index is 1160. The monoisotopic (exact) mass is 479 g/mol. The van der Waals surface area contributed by atoms with E-state index in [0.29, 0.717) is 17.6 Å². The minimum absolute atomic E-state index is 0.0657. The fourth-order valence-electron chi connectivity index (χ4n) is 2.61. The summed E-state index contributed by atoms with van der Waals surface area (Å²) in [6, 6.07) is 11.9. The maximum atomic E-state index is 12.8. The summed E-state index contributed by atoms with van der Waals surface area (Å²) in [4.78, 5) is 26.7. The Balaban J connectivity index is 1.69. The number of amides is 1. The summed E-state index contributed by atoms with van der Waals surface area (Å²) < 4.78 is 49.3. The van der Waals surface area contributed by atoms with Crippen LogP contribution in [0.2, 0.25) is 0 Å². The number of nitrogens with one attached hydrogen (secondary N) is 1. The molecule has 1 heterocycles. The van der Waals surface area contributed by atoms with Gasteiger partial charge in [0.15, 0.2) is 0 Å². The van der Waals surface area contributed by atoms with Crippen LogP contribution in [0.25, 0.3) is 0 Å². The van der Waals surface area contributed by atoms with Crippen LogP contribution in [0.15, 0.2) is 65.7 Å². The molecule has 0 aliphatic carbocycles. The van der Waals surface area contributed by atoms with Crippen molar-refractivity contribution < 1.29 is 32.4 Å². The third-order valence-electron chi connectivity index (χ3n) is 4.16. The average molecular weight is 479 g/mol. The number of carbonyl (C=O) groups is 1. The number of ether oxygens (including phenoxy) is 2. The standard InChI is InChI=1S/C21H16F3N3O5S/c1-31-14-5-7-15(8-6-14)32-20-16(3-2-10-25-20)26-19(28)12-33-18-9-4-13(21(22,23)24)11-17(18)27(29)30/h2-11H,12H2,1H3,(H,26,28). The molecule has 0 aliphatic heterocycles. The van der Waals surface area contributed by atoms with Crippen molar-refractivity contribution in [2.45, 2.75) is 11.1 Å². The van der Waals surface area contributed by atoms with Gasteiger partial charge in [-0.15, -0.1) is 11.8 Å². The predicted octanol–water partition coefficient (Wildman–Crippen LogP) is 5.54. The lowest BCUT2D eigenvalue weighted by molar-refractivity contribution is -0.388. The number of pyridine rings is 1. The summed E-state index contributed by atoms with van der Waals surface area (Å²) in [5.74, 6) is 0.345. The number of halogens is 3. The second kappa shape index (κ2) is 10.2. The van der Waals surface area contributed by atoms with E-state index >= 15 is 0 Å². The van der Waals surface area contributed by atoms with Crippen LogP contribution in [0.3, 0.4) is 0 Å². The summed E-state index contributed by atoms with van der Waals surface area (Å²) in [6.07, 6.45) is -3.25. The molecular formula is C21H16F3N3O5S. The van der Waals surface area contributed by atoms with Gasteiger partial charge < -0.3 is 14.8 Å². The molecular weight excluding hydrogens is 463 g/mol. The van der Waals surface area contributed by atoms with Crippen molar-refractivity contribution in [1.82, 2.24) is 4.98 Å². The molecule has 0 unspecified atom stereocenters. The Kier molecular flexibility index (Phi) is 7.38. The van der Waals surface area contributed by atoms with E-state index < -0.39 is 28.3 Å². The third kappa shape index (κ3) is 6.35. The molecule has 2 aromatic carbocycles. The SMILES string of the molecule is COc1ccc(Oc2ncccc2NC(=O)CSc2ccc(C(F)(F)F)cc2[N+](=O)[O-])cc1. The number of rotatable bonds is 8. The van der Waals surface area contributed by atoms with Crippen LogP contribution in [0.5, 0.6) is 17.4 Å². The van der Waals surface area contributed by atoms with Gasteiger partial charge >= 0.3 is 6.18 Å². The van der Waals surface area contributed by atoms with E-state index in [0.717, 1.165) is 23.9 Å². The summed E-state index contributed by atoms with van der Waals surface area (Å²) in [6.45, 7) is 0. The molecule has 1 amide bonds. The van der Waals surface area contributed by atoms with Crippen molar-refractivity contribution in [3.63, 3.8) is 0 Å². The normalized spacial score (nSPS) is 11.0. The van der Waals surface area contributed by atoms with Crippen molar-refractivity contribution in [2.24, 2.45) is 0 Å². The summed E-state index contributed by atoms with van der Waals surface area (Å²) in [7, 11) is 1.53. The molecule has 0 radical (unpaired) electrons. The van der Waals surface area contributed by atoms with Gasteiger partial charge in [0, 0.05) is 12.3 Å². The number of anilines is 1. The molecule has 0 bridgehead atoms. The second-order valence-electron chi connectivity index (χ2n) is 6.41. The Morgan fingerprint density at radius 2 is 1.85 bits per heavy atom. The van der Waals surface area contributed by atoms with Crippen LogP contribution >= 0.6 is 11.8 Å². The van der Waals surface area contributed by atoms with Crippen LogP contribution in [0, 0.1) is 10.1 Å². The Morgan fingerprint density at radius 1 is 1.15 bits per heavy atom. The molecule has 0 saturated heterocycles. The van der Waals surface area contributed by atoms with Gasteiger partial charge in [-0.3, -0.25) is 14.9 Å². The number of hydrogen-bond donors (Lipinski definition) is 1. The fourth-order valence-corrected chi connectivity index (χ4v) is 3.42. The van der Waals surface area contributed by atoms with E-state index in [4.69, 9.17) is 9.47 Å². The minimum Gasteiger partial charge on any atom is -0.497 e. The predicted molar refractivity (Wildman–Crippen MR) is 115 cm³/mol. The smallest absolute Gasteiger partial charge is 0.416 e. The molecule has 0 aliphatic rings. The summed E-state index contributed by atoms with van der Waals surface area (Å²) in [5, 5.41) is 13.8. The first-order valence-corrected chi connectivity index (χ1v) is 10.2. The summed E-state index contributed by atoms with van der Waals surface area (Å²) >= 11 is 0.740. The van der Waals surface area contributed by atoms with Gasteiger partial charge in [0.1, 0.15) is 17.2 Å². The maximum absolute atomic E-state index is 12.8. The minimum atomic E-state index is -4.72. The quantitative estimate of drug-likeness (QED) is 0.257. The molecule has 3 aromatic rings. The molecule has 0 fully saturated rings. The van der Waals surface area contributed by atoms with E-state index in [2.05, 4.69) is 10.3 Å². The van der Waals surface area contributed by atoms with Crippen LogP contribution in [0.1, 0.15) is 5.56 Å². The molecule has 1 aromatic heterocycles. The maximum Gasteiger partial charge on any atom is 0.416 e. The van der Waals surface area contributed by atoms with E-state index in [1.165, 1.54) is 13.3 Å². The molecule has 3 rings (SSSR count). The molecule has 0 spiro atoms. The van der Waals surface area contributed by atoms with Crippen molar-refractivity contribution >= 4 is 29.0 Å². The number of alkyl halides is 3. The van der Waals surface area contributed by atoms with Crippen molar-refractivity contribution in [3.05, 3.63) is 76.5 Å². The number of carbonyl (C=O) groups excluding carboxylic acids is 1. The fraction of sp³-hybridized carbons (Fsp3) is 0.143. The van der Waals surface area contributed by atoms with E-state index in [-0.39, 0.29) is 22.2 Å². The zero-order chi connectivity index (χ0) is 24.0. The van der Waals surface area contributed by atoms with E-state index in [1.54, 1.807) is 36.4 Å². The van der Waals surface area contributed by atoms with Gasteiger partial charge in [-0.1, -0.05) is 0 Å². The van der Waals surface area contributed by atoms with Crippen LogP contribution in [0.4, 0.5) is 24.5 Å². The molecule has 172 valence electrons. The Hall–Kier alpha value is -3.80. The zero-order valence-corrected chi connectivity index (χ0v) is 17.8. The summed E-state index contributed by atoms with van der Waals surface area (Å²) in [5.41, 5.74) is -1.62. The molecule has 0 saturated carbocycles. The number of benzene rings is 2. The van der Waals surface area contributed by atoms with Gasteiger partial charge in [0.25, 0.3) is 5.69 Å². The third-order valence-corrected chi connectivity index (χ3v) is 5.22. The van der Waals surface area contributed by atoms with Gasteiger partial charge in [-0.2, -0.15) is 13.2 Å². The van der Waals surface area contributed by atoms with Crippen molar-refractivity contribution in [3.8, 4) is 17.4 Å². The van der Waals surface area contributed by atoms with Crippen LogP contribution in [-0.4, -0.2) is 28.7 Å². The number of aromatic nitrogens is 1. The molecule has 8 nitrogen and oxygen atoms in total. The number of nitro groups is 1. The van der Waals surface area contributed by atoms with E-state index in [1.807, 2.05) is 0 Å². The van der Waals surface area contributed by atoms with Gasteiger partial charge in [0.2, 0.25) is 11.8 Å². The molecule has 0 atom stereocenters. The molecule has 1 N–H and O–H groups in total. The van der Waals surface area contributed by atoms with Crippen LogP contribution < -0.4 is 14.8 Å². The highest BCUT2D eigenvalue weighted by molar-refractivity contribution is 8.00. The number of nitrogens with zero attached hydrogens (tertiary/aromatic N) is 2. The highest BCUT2D eigenvalue weighted by Gasteiger charge is 2.33. The number of thioether (sulfide) groups is 1. The lowest BCUT2D eigenvalue weighted by atomic mass is 10.2. The highest BCUT2D eigenvalue weighted by Crippen LogP contribution is 2.36. The lowest BCUT2D eigenvalue weighted by Crippen LogP contribution is -2.15. The van der Waals surface area contributed by atoms with Gasteiger partial charge in [0.05, 0.1) is 28.2 Å². The average Bonchev–Trinajstić information content (AvgIpc) is 2.78. The Labute approximate surface area is 189 Å². The lowest BCUT2D eigenvalue weighted by Gasteiger charge is -2.12. The van der Waals surface area contributed by atoms with Crippen molar-refractivity contribution in [1.29, 1.82) is 0 Å². The highest BCUT2D eigenvalue weighted by atomic mass is 32.2. The van der Waals surface area contributed by atoms with E-state index in [9.17, 15) is 28.1 Å². The Morgan fingerprint density at radius 3 is 2.48 bits per heavy atom. The van der Waals surface area contributed by atoms with Crippen molar-refractivity contribution in [2.75, 3.05) is 18.2 Å². The number of nitro benzene ring substituents is 1. The molecule has 33 heavy (non-hydrogen) atoms. The number of hydrogen-bond acceptors (Lipinski definition) is 7. The van der Waals surface area contributed by atoms with Gasteiger partial charge in [-0.25, -0.2) is 4.98 Å². The zero-order valence-electron chi connectivity index (χ0n) is 17.0. The van der Waals surface area contributed by atoms with Gasteiger partial charge in [-0.05, 0) is 48.5 Å². The first-order chi connectivity index (χ1) is 15.7. The topological polar surface area (TPSA) is 104 Å². The number of methoxy groups -OCH3 is 1. The first-order valence-electron chi connectivity index (χ1n) is 9.22. The second-order valence-corrected chi connectivity index (χ2v) is 7.43. The first kappa shape index (κ1) is 23.9. The largest absolute Gasteiger partial charge is 0.497 e. The van der Waals surface area contributed by atoms with Crippen LogP contribution in [-0.2, 0) is 11.0 Å². The molecule has 12 heteroatoms.